The Morgan fingerprint density at radius 3 is 2.85 bits per heavy atom. The lowest BCUT2D eigenvalue weighted by Gasteiger charge is -2.41. The molecule has 0 radical (unpaired) electrons. The van der Waals surface area contributed by atoms with Crippen molar-refractivity contribution in [3.05, 3.63) is 74.9 Å². The maximum Gasteiger partial charge on any atom is 0.161 e. The Hall–Kier alpha value is -3.17. The molecule has 0 saturated heterocycles. The minimum Gasteiger partial charge on any atom is -0.383 e. The van der Waals surface area contributed by atoms with Crippen LogP contribution in [-0.2, 0) is 4.79 Å². The Balaban J connectivity index is 1.85. The minimum absolute atomic E-state index is 0.126. The number of Topliss-reactive ketones (excluding diaryl/α,β-unsaturated/α-hetero) is 1. The van der Waals surface area contributed by atoms with Gasteiger partial charge in [0, 0.05) is 28.1 Å². The standard InChI is InChI=1S/C21H16N4OS/c22-11-13-18(17-9-4-10-27-17)19-15(7-3-8-16(19)26)25-14-6-2-1-5-12(14)20(23)24-21(13)25/h1-2,4-6,9-10,18H,3,7-8H2,(H2,23,24). The van der Waals surface area contributed by atoms with E-state index in [0.717, 1.165) is 40.2 Å². The number of para-hydroxylation sites is 1. The maximum absolute atomic E-state index is 13.0. The third-order valence-corrected chi connectivity index (χ3v) is 6.26. The number of hydrogen-bond acceptors (Lipinski definition) is 6. The number of nitriles is 1. The smallest absolute Gasteiger partial charge is 0.161 e. The van der Waals surface area contributed by atoms with E-state index in [9.17, 15) is 10.1 Å². The van der Waals surface area contributed by atoms with Gasteiger partial charge in [-0.05, 0) is 36.4 Å². The summed E-state index contributed by atoms with van der Waals surface area (Å²) in [5.74, 6) is 0.730. The maximum atomic E-state index is 13.0. The molecule has 0 amide bonds. The van der Waals surface area contributed by atoms with E-state index in [1.165, 1.54) is 0 Å². The molecule has 6 heteroatoms. The van der Waals surface area contributed by atoms with Crippen molar-refractivity contribution >= 4 is 28.6 Å². The Morgan fingerprint density at radius 1 is 1.22 bits per heavy atom. The second-order valence-corrected chi connectivity index (χ2v) is 7.76. The van der Waals surface area contributed by atoms with E-state index in [0.29, 0.717) is 23.7 Å². The van der Waals surface area contributed by atoms with Gasteiger partial charge in [0.25, 0.3) is 0 Å². The van der Waals surface area contributed by atoms with Crippen molar-refractivity contribution in [2.75, 3.05) is 4.90 Å². The third-order valence-electron chi connectivity index (χ3n) is 5.32. The topological polar surface area (TPSA) is 82.5 Å². The van der Waals surface area contributed by atoms with Gasteiger partial charge in [-0.2, -0.15) is 5.26 Å². The highest BCUT2D eigenvalue weighted by Gasteiger charge is 2.43. The van der Waals surface area contributed by atoms with E-state index in [-0.39, 0.29) is 11.7 Å². The number of rotatable bonds is 1. The molecule has 132 valence electrons. The fourth-order valence-corrected chi connectivity index (χ4v) is 5.06. The van der Waals surface area contributed by atoms with Crippen LogP contribution in [0.25, 0.3) is 0 Å². The molecule has 5 nitrogen and oxygen atoms in total. The van der Waals surface area contributed by atoms with Crippen LogP contribution in [0.15, 0.2) is 69.4 Å². The summed E-state index contributed by atoms with van der Waals surface area (Å²) in [6.45, 7) is 0. The normalized spacial score (nSPS) is 21.3. The van der Waals surface area contributed by atoms with Crippen LogP contribution in [0.2, 0.25) is 0 Å². The van der Waals surface area contributed by atoms with Crippen molar-refractivity contribution in [1.82, 2.24) is 0 Å². The van der Waals surface area contributed by atoms with E-state index >= 15 is 0 Å². The number of ketones is 1. The van der Waals surface area contributed by atoms with E-state index < -0.39 is 0 Å². The van der Waals surface area contributed by atoms with Crippen molar-refractivity contribution in [2.45, 2.75) is 25.2 Å². The molecule has 3 heterocycles. The summed E-state index contributed by atoms with van der Waals surface area (Å²) in [7, 11) is 0. The molecule has 2 N–H and O–H groups in total. The van der Waals surface area contributed by atoms with Gasteiger partial charge in [-0.15, -0.1) is 11.3 Å². The van der Waals surface area contributed by atoms with Crippen LogP contribution in [0.3, 0.4) is 0 Å². The Kier molecular flexibility index (Phi) is 3.52. The molecule has 3 aliphatic rings. The predicted molar refractivity (Wildman–Crippen MR) is 105 cm³/mol. The minimum atomic E-state index is -0.356. The summed E-state index contributed by atoms with van der Waals surface area (Å²) in [4.78, 5) is 20.6. The zero-order chi connectivity index (χ0) is 18.5. The molecule has 1 atom stereocenters. The molecule has 1 unspecified atom stereocenters. The fraction of sp³-hybridized carbons (Fsp3) is 0.190. The summed E-state index contributed by atoms with van der Waals surface area (Å²) in [5.41, 5.74) is 10.1. The number of nitrogens with two attached hydrogens (primary N) is 1. The van der Waals surface area contributed by atoms with Gasteiger partial charge in [0.15, 0.2) is 11.6 Å². The number of aliphatic imine (C=N–C) groups is 1. The number of anilines is 1. The number of carbonyl (C=O) groups is 1. The number of nitrogens with zero attached hydrogens (tertiary/aromatic N) is 3. The van der Waals surface area contributed by atoms with Crippen molar-refractivity contribution in [3.8, 4) is 6.07 Å². The summed E-state index contributed by atoms with van der Waals surface area (Å²) in [6, 6.07) is 14.0. The average molecular weight is 372 g/mol. The van der Waals surface area contributed by atoms with Crippen LogP contribution in [0.1, 0.15) is 35.6 Å². The van der Waals surface area contributed by atoms with Crippen LogP contribution >= 0.6 is 11.3 Å². The fourth-order valence-electron chi connectivity index (χ4n) is 4.21. The van der Waals surface area contributed by atoms with Crippen LogP contribution in [-0.4, -0.2) is 11.6 Å². The van der Waals surface area contributed by atoms with E-state index in [2.05, 4.69) is 11.1 Å². The first-order valence-electron chi connectivity index (χ1n) is 8.88. The Bertz CT molecular complexity index is 1100. The molecule has 1 aromatic carbocycles. The first-order valence-corrected chi connectivity index (χ1v) is 9.76. The van der Waals surface area contributed by atoms with E-state index in [1.54, 1.807) is 11.3 Å². The van der Waals surface area contributed by atoms with Gasteiger partial charge < -0.3 is 5.73 Å². The average Bonchev–Trinajstić information content (AvgIpc) is 3.21. The predicted octanol–water partition coefficient (Wildman–Crippen LogP) is 3.81. The molecule has 2 aliphatic heterocycles. The SMILES string of the molecule is N#CC1=C2N=C(N)c3ccccc3N2C2=C(C(=O)CCC2)C1c1cccs1. The van der Waals surface area contributed by atoms with Crippen molar-refractivity contribution in [1.29, 1.82) is 5.26 Å². The lowest BCUT2D eigenvalue weighted by Crippen LogP contribution is -2.39. The lowest BCUT2D eigenvalue weighted by atomic mass is 9.78. The molecule has 5 rings (SSSR count). The molecular weight excluding hydrogens is 356 g/mol. The molecule has 27 heavy (non-hydrogen) atoms. The largest absolute Gasteiger partial charge is 0.383 e. The summed E-state index contributed by atoms with van der Waals surface area (Å²) < 4.78 is 0. The van der Waals surface area contributed by atoms with Gasteiger partial charge in [-0.3, -0.25) is 9.69 Å². The number of carbonyl (C=O) groups excluding carboxylic acids is 1. The highest BCUT2D eigenvalue weighted by Crippen LogP contribution is 2.50. The third kappa shape index (κ3) is 2.22. The van der Waals surface area contributed by atoms with Gasteiger partial charge in [0.2, 0.25) is 0 Å². The van der Waals surface area contributed by atoms with Crippen LogP contribution < -0.4 is 10.6 Å². The number of amidine groups is 1. The Morgan fingerprint density at radius 2 is 2.07 bits per heavy atom. The zero-order valence-electron chi connectivity index (χ0n) is 14.5. The van der Waals surface area contributed by atoms with Gasteiger partial charge in [-0.25, -0.2) is 4.99 Å². The lowest BCUT2D eigenvalue weighted by molar-refractivity contribution is -0.116. The second-order valence-electron chi connectivity index (χ2n) is 6.78. The monoisotopic (exact) mass is 372 g/mol. The van der Waals surface area contributed by atoms with Gasteiger partial charge in [0.1, 0.15) is 5.84 Å². The molecule has 1 aromatic heterocycles. The number of hydrogen-bond donors (Lipinski definition) is 1. The van der Waals surface area contributed by atoms with Gasteiger partial charge in [-0.1, -0.05) is 18.2 Å². The summed E-state index contributed by atoms with van der Waals surface area (Å²) >= 11 is 1.56. The van der Waals surface area contributed by atoms with Gasteiger partial charge in [0.05, 0.1) is 23.2 Å². The van der Waals surface area contributed by atoms with Crippen LogP contribution in [0.5, 0.6) is 0 Å². The van der Waals surface area contributed by atoms with Crippen LogP contribution in [0.4, 0.5) is 5.69 Å². The number of thiophene rings is 1. The molecule has 2 aromatic rings. The molecular formula is C21H16N4OS. The first kappa shape index (κ1) is 16.0. The summed E-state index contributed by atoms with van der Waals surface area (Å²) in [6.07, 6.45) is 2.12. The van der Waals surface area contributed by atoms with Gasteiger partial charge >= 0.3 is 0 Å². The van der Waals surface area contributed by atoms with Crippen LogP contribution in [0, 0.1) is 11.3 Å². The highest BCUT2D eigenvalue weighted by atomic mass is 32.1. The quantitative estimate of drug-likeness (QED) is 0.825. The summed E-state index contributed by atoms with van der Waals surface area (Å²) in [5, 5.41) is 12.0. The second kappa shape index (κ2) is 5.93. The highest BCUT2D eigenvalue weighted by molar-refractivity contribution is 7.10. The van der Waals surface area contributed by atoms with Crippen molar-refractivity contribution < 1.29 is 4.79 Å². The number of benzene rings is 1. The molecule has 0 bridgehead atoms. The van der Waals surface area contributed by atoms with Crippen molar-refractivity contribution in [3.63, 3.8) is 0 Å². The zero-order valence-corrected chi connectivity index (χ0v) is 15.3. The van der Waals surface area contributed by atoms with Crippen molar-refractivity contribution in [2.24, 2.45) is 10.7 Å². The molecule has 0 fully saturated rings. The molecule has 1 aliphatic carbocycles. The molecule has 0 spiro atoms. The van der Waals surface area contributed by atoms with E-state index in [4.69, 9.17) is 5.73 Å². The molecule has 0 saturated carbocycles. The number of allylic oxidation sites excluding steroid dienone is 3. The number of fused-ring (bicyclic) bond motifs is 4. The first-order chi connectivity index (χ1) is 13.2. The Labute approximate surface area is 160 Å². The van der Waals surface area contributed by atoms with E-state index in [1.807, 2.05) is 46.7 Å².